The fourth-order valence-corrected chi connectivity index (χ4v) is 4.73. The van der Waals surface area contributed by atoms with Crippen molar-refractivity contribution in [1.82, 2.24) is 10.2 Å². The number of aromatic nitrogens is 2. The Kier molecular flexibility index (Phi) is 6.42. The number of anilines is 2. The maximum absolute atomic E-state index is 12.7. The molecule has 0 saturated carbocycles. The molecule has 0 saturated heterocycles. The summed E-state index contributed by atoms with van der Waals surface area (Å²) >= 11 is 2.67. The van der Waals surface area contributed by atoms with E-state index in [0.29, 0.717) is 17.2 Å². The lowest BCUT2D eigenvalue weighted by Gasteiger charge is -2.30. The summed E-state index contributed by atoms with van der Waals surface area (Å²) in [6.45, 7) is 3.64. The Bertz CT molecular complexity index is 851. The number of aryl methyl sites for hydroxylation is 1. The van der Waals surface area contributed by atoms with Crippen LogP contribution in [0.4, 0.5) is 10.8 Å². The number of carbonyl (C=O) groups excluding carboxylic acids is 1. The molecule has 0 bridgehead atoms. The summed E-state index contributed by atoms with van der Waals surface area (Å²) in [5.41, 5.74) is 1.38. The van der Waals surface area contributed by atoms with Gasteiger partial charge in [0, 0.05) is 0 Å². The van der Waals surface area contributed by atoms with E-state index in [1.807, 2.05) is 19.2 Å². The number of hydrogen-bond donors (Lipinski definition) is 1. The fourth-order valence-electron chi connectivity index (χ4n) is 2.36. The van der Waals surface area contributed by atoms with Crippen LogP contribution in [0.3, 0.4) is 0 Å². The third-order valence-corrected chi connectivity index (χ3v) is 6.39. The summed E-state index contributed by atoms with van der Waals surface area (Å²) in [4.78, 5) is 12.7. The molecule has 0 radical (unpaired) electrons. The Morgan fingerprint density at radius 2 is 2.12 bits per heavy atom. The molecular weight excluding hydrogens is 380 g/mol. The van der Waals surface area contributed by atoms with Gasteiger partial charge in [-0.3, -0.25) is 14.4 Å². The minimum atomic E-state index is -3.65. The Labute approximate surface area is 155 Å². The number of hydrogen-bond acceptors (Lipinski definition) is 7. The smallest absolute Gasteiger partial charge is 0.250 e. The molecule has 1 N–H and O–H groups in total. The number of carbonyl (C=O) groups is 1. The van der Waals surface area contributed by atoms with Crippen LogP contribution in [0.1, 0.15) is 18.9 Å². The second-order valence-corrected chi connectivity index (χ2v) is 9.28. The summed E-state index contributed by atoms with van der Waals surface area (Å²) in [7, 11) is -3.65. The first-order chi connectivity index (χ1) is 11.8. The van der Waals surface area contributed by atoms with Gasteiger partial charge in [-0.2, -0.15) is 0 Å². The van der Waals surface area contributed by atoms with E-state index in [-0.39, 0.29) is 0 Å². The van der Waals surface area contributed by atoms with Crippen molar-refractivity contribution in [3.63, 3.8) is 0 Å². The van der Waals surface area contributed by atoms with E-state index in [1.54, 1.807) is 25.1 Å². The molecule has 1 aromatic heterocycles. The standard InChI is InChI=1S/C15H20N4O3S3/c1-5-12(13(20)16-14-17-18-15(23-3)24-14)19(25(4,21)22)11-8-6-7-10(2)9-11/h6-9,12H,5H2,1-4H3,(H,16,17,20)/t12-/m0/s1. The molecule has 7 nitrogen and oxygen atoms in total. The van der Waals surface area contributed by atoms with Gasteiger partial charge in [0.15, 0.2) is 4.34 Å². The summed E-state index contributed by atoms with van der Waals surface area (Å²) in [5.74, 6) is -0.432. The molecule has 2 aromatic rings. The predicted octanol–water partition coefficient (Wildman–Crippen LogP) is 2.75. The third-order valence-electron chi connectivity index (χ3n) is 3.40. The van der Waals surface area contributed by atoms with Crippen LogP contribution in [0.15, 0.2) is 28.6 Å². The molecule has 0 unspecified atom stereocenters. The summed E-state index contributed by atoms with van der Waals surface area (Å²) < 4.78 is 26.6. The van der Waals surface area contributed by atoms with Gasteiger partial charge in [-0.15, -0.1) is 10.2 Å². The van der Waals surface area contributed by atoms with Gasteiger partial charge in [-0.25, -0.2) is 8.42 Å². The van der Waals surface area contributed by atoms with E-state index >= 15 is 0 Å². The van der Waals surface area contributed by atoms with E-state index in [0.717, 1.165) is 20.5 Å². The molecule has 10 heteroatoms. The van der Waals surface area contributed by atoms with Gasteiger partial charge < -0.3 is 0 Å². The minimum Gasteiger partial charge on any atom is -0.299 e. The molecule has 136 valence electrons. The summed E-state index contributed by atoms with van der Waals surface area (Å²) in [5, 5.41) is 10.8. The van der Waals surface area contributed by atoms with Gasteiger partial charge in [-0.1, -0.05) is 42.2 Å². The second kappa shape index (κ2) is 8.15. The number of rotatable bonds is 7. The highest BCUT2D eigenvalue weighted by atomic mass is 32.2. The number of amides is 1. The van der Waals surface area contributed by atoms with Crippen LogP contribution in [-0.4, -0.2) is 43.1 Å². The fraction of sp³-hybridized carbons (Fsp3) is 0.400. The van der Waals surface area contributed by atoms with Crippen molar-refractivity contribution in [3.8, 4) is 0 Å². The SMILES string of the molecule is CC[C@@H](C(=O)Nc1nnc(SC)s1)N(c1cccc(C)c1)S(C)(=O)=O. The van der Waals surface area contributed by atoms with Crippen molar-refractivity contribution in [1.29, 1.82) is 0 Å². The molecule has 25 heavy (non-hydrogen) atoms. The monoisotopic (exact) mass is 400 g/mol. The zero-order chi connectivity index (χ0) is 18.6. The molecular formula is C15H20N4O3S3. The lowest BCUT2D eigenvalue weighted by atomic mass is 10.1. The van der Waals surface area contributed by atoms with Crippen molar-refractivity contribution < 1.29 is 13.2 Å². The first kappa shape index (κ1) is 19.7. The van der Waals surface area contributed by atoms with Crippen LogP contribution in [0.2, 0.25) is 0 Å². The molecule has 0 fully saturated rings. The summed E-state index contributed by atoms with van der Waals surface area (Å²) in [6, 6.07) is 6.19. The van der Waals surface area contributed by atoms with Crippen LogP contribution in [0.25, 0.3) is 0 Å². The molecule has 1 atom stereocenters. The number of benzene rings is 1. The van der Waals surface area contributed by atoms with Gasteiger partial charge in [0.2, 0.25) is 21.1 Å². The van der Waals surface area contributed by atoms with Crippen LogP contribution in [-0.2, 0) is 14.8 Å². The number of nitrogens with zero attached hydrogens (tertiary/aromatic N) is 3. The topological polar surface area (TPSA) is 92.3 Å². The summed E-state index contributed by atoms with van der Waals surface area (Å²) in [6.07, 6.45) is 3.28. The van der Waals surface area contributed by atoms with E-state index in [1.165, 1.54) is 23.1 Å². The van der Waals surface area contributed by atoms with Crippen molar-refractivity contribution >= 4 is 49.8 Å². The highest BCUT2D eigenvalue weighted by molar-refractivity contribution is 8.00. The lowest BCUT2D eigenvalue weighted by Crippen LogP contribution is -2.47. The van der Waals surface area contributed by atoms with Crippen LogP contribution in [0.5, 0.6) is 0 Å². The molecule has 1 heterocycles. The Morgan fingerprint density at radius 1 is 1.40 bits per heavy atom. The maximum Gasteiger partial charge on any atom is 0.250 e. The predicted molar refractivity (Wildman–Crippen MR) is 103 cm³/mol. The van der Waals surface area contributed by atoms with E-state index < -0.39 is 22.0 Å². The Hall–Kier alpha value is -1.65. The first-order valence-corrected chi connectivity index (χ1v) is 11.4. The van der Waals surface area contributed by atoms with E-state index in [9.17, 15) is 13.2 Å². The molecule has 0 aliphatic carbocycles. The largest absolute Gasteiger partial charge is 0.299 e. The molecule has 1 amide bonds. The highest BCUT2D eigenvalue weighted by Gasteiger charge is 2.32. The average molecular weight is 401 g/mol. The van der Waals surface area contributed by atoms with E-state index in [4.69, 9.17) is 0 Å². The number of nitrogens with one attached hydrogen (secondary N) is 1. The Balaban J connectivity index is 2.34. The number of sulfonamides is 1. The van der Waals surface area contributed by atoms with Crippen molar-refractivity contribution in [2.45, 2.75) is 30.6 Å². The van der Waals surface area contributed by atoms with Gasteiger partial charge in [-0.05, 0) is 37.3 Å². The molecule has 0 aliphatic heterocycles. The second-order valence-electron chi connectivity index (χ2n) is 5.39. The third kappa shape index (κ3) is 4.93. The number of thioether (sulfide) groups is 1. The molecule has 0 aliphatic rings. The van der Waals surface area contributed by atoms with Gasteiger partial charge >= 0.3 is 0 Å². The maximum atomic E-state index is 12.7. The molecule has 0 spiro atoms. The molecule has 2 rings (SSSR count). The average Bonchev–Trinajstić information content (AvgIpc) is 2.98. The van der Waals surface area contributed by atoms with Crippen LogP contribution in [0, 0.1) is 6.92 Å². The van der Waals surface area contributed by atoms with Gasteiger partial charge in [0.1, 0.15) is 6.04 Å². The quantitative estimate of drug-likeness (QED) is 0.567. The Morgan fingerprint density at radius 3 is 2.64 bits per heavy atom. The normalized spacial score (nSPS) is 12.6. The van der Waals surface area contributed by atoms with Crippen molar-refractivity contribution in [2.24, 2.45) is 0 Å². The van der Waals surface area contributed by atoms with Gasteiger partial charge in [0.25, 0.3) is 0 Å². The lowest BCUT2D eigenvalue weighted by molar-refractivity contribution is -0.117. The van der Waals surface area contributed by atoms with Crippen molar-refractivity contribution in [2.75, 3.05) is 22.1 Å². The van der Waals surface area contributed by atoms with Crippen LogP contribution >= 0.6 is 23.1 Å². The first-order valence-electron chi connectivity index (χ1n) is 7.50. The van der Waals surface area contributed by atoms with Crippen LogP contribution < -0.4 is 9.62 Å². The minimum absolute atomic E-state index is 0.320. The zero-order valence-corrected chi connectivity index (χ0v) is 16.8. The highest BCUT2D eigenvalue weighted by Crippen LogP contribution is 2.26. The zero-order valence-electron chi connectivity index (χ0n) is 14.4. The van der Waals surface area contributed by atoms with E-state index in [2.05, 4.69) is 15.5 Å². The van der Waals surface area contributed by atoms with Gasteiger partial charge in [0.05, 0.1) is 11.9 Å². The van der Waals surface area contributed by atoms with Crippen molar-refractivity contribution in [3.05, 3.63) is 29.8 Å². The molecule has 1 aromatic carbocycles.